The number of benzene rings is 1. The van der Waals surface area contributed by atoms with Crippen molar-refractivity contribution in [2.24, 2.45) is 0 Å². The smallest absolute Gasteiger partial charge is 0.341 e. The lowest BCUT2D eigenvalue weighted by atomic mass is 10.0. The number of halogens is 2. The Hall–Kier alpha value is -2.57. The molecular weight excluding hydrogens is 284 g/mol. The number of nitrogens with zero attached hydrogens (tertiary/aromatic N) is 1. The van der Waals surface area contributed by atoms with Crippen LogP contribution in [0.3, 0.4) is 0 Å². The van der Waals surface area contributed by atoms with Crippen LogP contribution in [0, 0.1) is 25.5 Å². The molecular formula is C14H11F2NO4. The SMILES string of the molecule is Cc1nc(C)c(C(=O)Cc2ccc(F)c(C(=O)O)c2F)o1. The van der Waals surface area contributed by atoms with Gasteiger partial charge in [0.05, 0.1) is 5.69 Å². The van der Waals surface area contributed by atoms with E-state index in [1.54, 1.807) is 13.8 Å². The van der Waals surface area contributed by atoms with Gasteiger partial charge >= 0.3 is 5.97 Å². The predicted octanol–water partition coefficient (Wildman–Crippen LogP) is 2.69. The Kier molecular flexibility index (Phi) is 3.84. The fraction of sp³-hybridized carbons (Fsp3) is 0.214. The van der Waals surface area contributed by atoms with Gasteiger partial charge in [-0.15, -0.1) is 0 Å². The molecule has 2 aromatic rings. The summed E-state index contributed by atoms with van der Waals surface area (Å²) in [5.41, 5.74) is -0.934. The molecule has 1 aromatic carbocycles. The number of carbonyl (C=O) groups excluding carboxylic acids is 1. The minimum absolute atomic E-state index is 0.0203. The first-order chi connectivity index (χ1) is 9.81. The number of carboxylic acid groups (broad SMARTS) is 1. The first-order valence-corrected chi connectivity index (χ1v) is 5.98. The highest BCUT2D eigenvalue weighted by atomic mass is 19.1. The second-order valence-corrected chi connectivity index (χ2v) is 4.45. The Morgan fingerprint density at radius 3 is 2.48 bits per heavy atom. The van der Waals surface area contributed by atoms with Gasteiger partial charge in [0.25, 0.3) is 0 Å². The molecule has 0 unspecified atom stereocenters. The Bertz CT molecular complexity index is 737. The molecule has 0 amide bonds. The lowest BCUT2D eigenvalue weighted by Gasteiger charge is -2.05. The zero-order chi connectivity index (χ0) is 15.7. The standard InChI is InChI=1S/C14H11F2NO4/c1-6-13(21-7(2)17-6)10(18)5-8-3-4-9(15)11(12(8)16)14(19)20/h3-4H,5H2,1-2H3,(H,19,20). The molecule has 0 saturated heterocycles. The number of aryl methyl sites for hydroxylation is 2. The highest BCUT2D eigenvalue weighted by molar-refractivity contribution is 5.96. The van der Waals surface area contributed by atoms with Gasteiger partial charge in [-0.1, -0.05) is 6.07 Å². The molecule has 5 nitrogen and oxygen atoms in total. The van der Waals surface area contributed by atoms with Crippen molar-refractivity contribution >= 4 is 11.8 Å². The largest absolute Gasteiger partial charge is 0.477 e. The lowest BCUT2D eigenvalue weighted by Crippen LogP contribution is -2.11. The highest BCUT2D eigenvalue weighted by Gasteiger charge is 2.23. The quantitative estimate of drug-likeness (QED) is 0.877. The van der Waals surface area contributed by atoms with Crippen molar-refractivity contribution < 1.29 is 27.9 Å². The lowest BCUT2D eigenvalue weighted by molar-refractivity contribution is 0.0685. The molecule has 0 atom stereocenters. The summed E-state index contributed by atoms with van der Waals surface area (Å²) < 4.78 is 32.3. The molecule has 0 saturated carbocycles. The molecule has 0 spiro atoms. The molecule has 0 bridgehead atoms. The zero-order valence-corrected chi connectivity index (χ0v) is 11.2. The number of oxazole rings is 1. The Morgan fingerprint density at radius 1 is 1.29 bits per heavy atom. The second-order valence-electron chi connectivity index (χ2n) is 4.45. The molecule has 0 aliphatic carbocycles. The molecule has 2 rings (SSSR count). The average molecular weight is 295 g/mol. The van der Waals surface area contributed by atoms with Crippen LogP contribution in [-0.4, -0.2) is 21.8 Å². The number of aromatic carboxylic acids is 1. The van der Waals surface area contributed by atoms with Crippen LogP contribution in [0.1, 0.15) is 38.1 Å². The zero-order valence-electron chi connectivity index (χ0n) is 11.2. The summed E-state index contributed by atoms with van der Waals surface area (Å²) in [6.07, 6.45) is -0.443. The maximum atomic E-state index is 13.9. The van der Waals surface area contributed by atoms with E-state index in [9.17, 15) is 18.4 Å². The summed E-state index contributed by atoms with van der Waals surface area (Å²) in [6.45, 7) is 3.12. The molecule has 0 aliphatic rings. The Labute approximate surface area is 118 Å². The van der Waals surface area contributed by atoms with Crippen molar-refractivity contribution in [3.8, 4) is 0 Å². The number of carbonyl (C=O) groups is 2. The summed E-state index contributed by atoms with van der Waals surface area (Å²) in [6, 6.07) is 1.85. The molecule has 1 aromatic heterocycles. The molecule has 0 aliphatic heterocycles. The summed E-state index contributed by atoms with van der Waals surface area (Å²) in [5.74, 6) is -4.47. The molecule has 21 heavy (non-hydrogen) atoms. The third kappa shape index (κ3) is 2.81. The minimum atomic E-state index is -1.73. The van der Waals surface area contributed by atoms with Gasteiger partial charge in [0.2, 0.25) is 5.78 Å². The van der Waals surface area contributed by atoms with Gasteiger partial charge in [0.15, 0.2) is 11.7 Å². The number of carboxylic acids is 1. The molecule has 0 radical (unpaired) electrons. The second kappa shape index (κ2) is 5.43. The van der Waals surface area contributed by atoms with Gasteiger partial charge in [-0.2, -0.15) is 0 Å². The normalized spacial score (nSPS) is 10.7. The van der Waals surface area contributed by atoms with Gasteiger partial charge in [-0.05, 0) is 18.6 Å². The van der Waals surface area contributed by atoms with Gasteiger partial charge < -0.3 is 9.52 Å². The Balaban J connectivity index is 2.36. The van der Waals surface area contributed by atoms with E-state index >= 15 is 0 Å². The van der Waals surface area contributed by atoms with E-state index in [2.05, 4.69) is 4.98 Å². The van der Waals surface area contributed by atoms with Crippen LogP contribution in [0.15, 0.2) is 16.5 Å². The third-order valence-electron chi connectivity index (χ3n) is 2.89. The van der Waals surface area contributed by atoms with E-state index in [0.29, 0.717) is 11.6 Å². The maximum absolute atomic E-state index is 13.9. The van der Waals surface area contributed by atoms with Crippen LogP contribution in [0.25, 0.3) is 0 Å². The van der Waals surface area contributed by atoms with Crippen molar-refractivity contribution in [1.29, 1.82) is 0 Å². The number of hydrogen-bond donors (Lipinski definition) is 1. The van der Waals surface area contributed by atoms with Crippen molar-refractivity contribution in [3.05, 3.63) is 52.2 Å². The first kappa shape index (κ1) is 14.8. The van der Waals surface area contributed by atoms with Gasteiger partial charge in [-0.3, -0.25) is 4.79 Å². The Morgan fingerprint density at radius 2 is 1.95 bits per heavy atom. The number of aromatic nitrogens is 1. The molecule has 1 N–H and O–H groups in total. The van der Waals surface area contributed by atoms with Crippen LogP contribution in [0.5, 0.6) is 0 Å². The fourth-order valence-corrected chi connectivity index (χ4v) is 1.97. The van der Waals surface area contributed by atoms with Crippen LogP contribution >= 0.6 is 0 Å². The monoisotopic (exact) mass is 295 g/mol. The summed E-state index contributed by atoms with van der Waals surface area (Å²) in [4.78, 5) is 26.8. The van der Waals surface area contributed by atoms with Crippen LogP contribution in [0.2, 0.25) is 0 Å². The summed E-state index contributed by atoms with van der Waals surface area (Å²) in [5, 5.41) is 8.78. The number of hydrogen-bond acceptors (Lipinski definition) is 4. The van der Waals surface area contributed by atoms with Gasteiger partial charge in [-0.25, -0.2) is 18.6 Å². The van der Waals surface area contributed by atoms with Gasteiger partial charge in [0, 0.05) is 13.3 Å². The van der Waals surface area contributed by atoms with Crippen molar-refractivity contribution in [2.75, 3.05) is 0 Å². The molecule has 1 heterocycles. The van der Waals surface area contributed by atoms with E-state index < -0.39 is 35.4 Å². The number of Topliss-reactive ketones (excluding diaryl/α,β-unsaturated/α-hetero) is 1. The van der Waals surface area contributed by atoms with Crippen LogP contribution < -0.4 is 0 Å². The number of rotatable bonds is 4. The fourth-order valence-electron chi connectivity index (χ4n) is 1.97. The van der Waals surface area contributed by atoms with Crippen molar-refractivity contribution in [2.45, 2.75) is 20.3 Å². The average Bonchev–Trinajstić information content (AvgIpc) is 2.71. The van der Waals surface area contributed by atoms with E-state index in [0.717, 1.165) is 12.1 Å². The minimum Gasteiger partial charge on any atom is -0.477 e. The summed E-state index contributed by atoms with van der Waals surface area (Å²) >= 11 is 0. The first-order valence-electron chi connectivity index (χ1n) is 5.98. The van der Waals surface area contributed by atoms with E-state index in [1.165, 1.54) is 0 Å². The van der Waals surface area contributed by atoms with Crippen molar-refractivity contribution in [1.82, 2.24) is 4.98 Å². The molecule has 110 valence electrons. The highest BCUT2D eigenvalue weighted by Crippen LogP contribution is 2.20. The van der Waals surface area contributed by atoms with E-state index in [4.69, 9.17) is 9.52 Å². The summed E-state index contributed by atoms with van der Waals surface area (Å²) in [7, 11) is 0. The molecule has 0 fully saturated rings. The predicted molar refractivity (Wildman–Crippen MR) is 67.3 cm³/mol. The molecule has 7 heteroatoms. The topological polar surface area (TPSA) is 80.4 Å². The van der Waals surface area contributed by atoms with Gasteiger partial charge in [0.1, 0.15) is 17.2 Å². The van der Waals surface area contributed by atoms with Crippen molar-refractivity contribution in [3.63, 3.8) is 0 Å². The van der Waals surface area contributed by atoms with Crippen LogP contribution in [0.4, 0.5) is 8.78 Å². The van der Waals surface area contributed by atoms with Crippen LogP contribution in [-0.2, 0) is 6.42 Å². The van der Waals surface area contributed by atoms with E-state index in [-0.39, 0.29) is 11.3 Å². The van der Waals surface area contributed by atoms with E-state index in [1.807, 2.05) is 0 Å². The number of ketones is 1. The third-order valence-corrected chi connectivity index (χ3v) is 2.89. The maximum Gasteiger partial charge on any atom is 0.341 e.